The van der Waals surface area contributed by atoms with Gasteiger partial charge in [-0.15, -0.1) is 6.42 Å². The summed E-state index contributed by atoms with van der Waals surface area (Å²) >= 11 is 1.95. The third-order valence-electron chi connectivity index (χ3n) is 2.13. The molecule has 5 heteroatoms. The molecule has 19 heavy (non-hydrogen) atoms. The molecule has 1 aromatic carbocycles. The smallest absolute Gasteiger partial charge is 0.172 e. The zero-order valence-corrected chi connectivity index (χ0v) is 12.5. The normalized spacial score (nSPS) is 12.1. The van der Waals surface area contributed by atoms with Crippen molar-refractivity contribution in [2.45, 2.75) is 13.0 Å². The van der Waals surface area contributed by atoms with Crippen molar-refractivity contribution in [3.05, 3.63) is 35.7 Å². The number of hydrogen-bond acceptors (Lipinski definition) is 3. The van der Waals surface area contributed by atoms with Gasteiger partial charge >= 0.3 is 0 Å². The third kappa shape index (κ3) is 5.85. The standard InChI is InChI=1S/C14H13FINO2/c1-3-13(9-17-16)19-14-7-11(5-4-10(2)18)6-12(15)8-14/h1,4-8,13,17H,9H2,2H3/b5-4+/t13-/m1/s1. The fourth-order valence-corrected chi connectivity index (χ4v) is 1.73. The van der Waals surface area contributed by atoms with Gasteiger partial charge in [0.25, 0.3) is 0 Å². The minimum atomic E-state index is -0.483. The molecule has 0 unspecified atom stereocenters. The van der Waals surface area contributed by atoms with Crippen molar-refractivity contribution in [1.29, 1.82) is 0 Å². The maximum atomic E-state index is 13.4. The summed E-state index contributed by atoms with van der Waals surface area (Å²) in [7, 11) is 0. The average Bonchev–Trinajstić information content (AvgIpc) is 2.35. The summed E-state index contributed by atoms with van der Waals surface area (Å²) in [6.07, 6.45) is 7.72. The number of benzene rings is 1. The first-order chi connectivity index (χ1) is 9.05. The first-order valence-corrected chi connectivity index (χ1v) is 6.58. The van der Waals surface area contributed by atoms with Crippen LogP contribution < -0.4 is 8.27 Å². The molecule has 0 saturated heterocycles. The van der Waals surface area contributed by atoms with E-state index in [-0.39, 0.29) is 5.78 Å². The van der Waals surface area contributed by atoms with E-state index in [1.54, 1.807) is 6.07 Å². The predicted octanol–water partition coefficient (Wildman–Crippen LogP) is 2.75. The molecule has 100 valence electrons. The molecular weight excluding hydrogens is 360 g/mol. The lowest BCUT2D eigenvalue weighted by Gasteiger charge is -2.13. The molecule has 0 saturated carbocycles. The Bertz CT molecular complexity index is 523. The van der Waals surface area contributed by atoms with Crippen LogP contribution >= 0.6 is 22.9 Å². The van der Waals surface area contributed by atoms with Gasteiger partial charge in [-0.05, 0) is 30.7 Å². The largest absolute Gasteiger partial charge is 0.476 e. The number of hydrogen-bond donors (Lipinski definition) is 1. The molecule has 0 aliphatic carbocycles. The molecule has 0 aromatic heterocycles. The highest BCUT2D eigenvalue weighted by Gasteiger charge is 2.07. The van der Waals surface area contributed by atoms with Crippen LogP contribution in [0.15, 0.2) is 24.3 Å². The molecular formula is C14H13FINO2. The minimum absolute atomic E-state index is 0.109. The lowest BCUT2D eigenvalue weighted by atomic mass is 10.2. The molecule has 0 amide bonds. The highest BCUT2D eigenvalue weighted by molar-refractivity contribution is 14.1. The quantitative estimate of drug-likeness (QED) is 0.361. The molecule has 0 radical (unpaired) electrons. The van der Waals surface area contributed by atoms with Crippen molar-refractivity contribution in [2.24, 2.45) is 0 Å². The van der Waals surface area contributed by atoms with Gasteiger partial charge in [-0.2, -0.15) is 0 Å². The van der Waals surface area contributed by atoms with Gasteiger partial charge in [0, 0.05) is 28.9 Å². The van der Waals surface area contributed by atoms with E-state index in [9.17, 15) is 9.18 Å². The second kappa shape index (κ2) is 7.92. The van der Waals surface area contributed by atoms with Gasteiger partial charge in [-0.3, -0.25) is 8.32 Å². The van der Waals surface area contributed by atoms with E-state index in [2.05, 4.69) is 9.45 Å². The van der Waals surface area contributed by atoms with Gasteiger partial charge < -0.3 is 4.74 Å². The van der Waals surface area contributed by atoms with Gasteiger partial charge in [0.15, 0.2) is 11.9 Å². The molecule has 1 rings (SSSR count). The lowest BCUT2D eigenvalue weighted by Crippen LogP contribution is -2.24. The number of carbonyl (C=O) groups is 1. The number of carbonyl (C=O) groups excluding carboxylic acids is 1. The van der Waals surface area contributed by atoms with Crippen LogP contribution in [0.4, 0.5) is 4.39 Å². The Kier molecular flexibility index (Phi) is 6.53. The summed E-state index contributed by atoms with van der Waals surface area (Å²) in [4.78, 5) is 10.8. The fraction of sp³-hybridized carbons (Fsp3) is 0.214. The van der Waals surface area contributed by atoms with Crippen LogP contribution in [-0.2, 0) is 4.79 Å². The molecule has 1 atom stereocenters. The monoisotopic (exact) mass is 373 g/mol. The molecule has 0 spiro atoms. The molecule has 3 nitrogen and oxygen atoms in total. The Morgan fingerprint density at radius 2 is 2.37 bits per heavy atom. The molecule has 0 aliphatic heterocycles. The van der Waals surface area contributed by atoms with Crippen LogP contribution in [0, 0.1) is 18.2 Å². The van der Waals surface area contributed by atoms with Crippen LogP contribution in [-0.4, -0.2) is 18.4 Å². The number of halogens is 2. The first-order valence-electron chi connectivity index (χ1n) is 5.50. The summed E-state index contributed by atoms with van der Waals surface area (Å²) in [5.74, 6) is 2.23. The Labute approximate surface area is 125 Å². The van der Waals surface area contributed by atoms with E-state index in [1.807, 2.05) is 22.9 Å². The van der Waals surface area contributed by atoms with Gasteiger partial charge in [0.1, 0.15) is 11.6 Å². The van der Waals surface area contributed by atoms with E-state index in [1.165, 1.54) is 31.2 Å². The third-order valence-corrected chi connectivity index (χ3v) is 2.57. The molecule has 0 fully saturated rings. The van der Waals surface area contributed by atoms with E-state index in [0.29, 0.717) is 17.9 Å². The zero-order chi connectivity index (χ0) is 14.3. The Morgan fingerprint density at radius 1 is 1.63 bits per heavy atom. The lowest BCUT2D eigenvalue weighted by molar-refractivity contribution is -0.112. The molecule has 0 bridgehead atoms. The second-order valence-corrected chi connectivity index (χ2v) is 4.54. The van der Waals surface area contributed by atoms with Crippen LogP contribution in [0.5, 0.6) is 5.75 Å². The highest BCUT2D eigenvalue weighted by atomic mass is 127. The van der Waals surface area contributed by atoms with Gasteiger partial charge in [0.2, 0.25) is 0 Å². The highest BCUT2D eigenvalue weighted by Crippen LogP contribution is 2.18. The van der Waals surface area contributed by atoms with Crippen LogP contribution in [0.2, 0.25) is 0 Å². The van der Waals surface area contributed by atoms with Crippen LogP contribution in [0.1, 0.15) is 12.5 Å². The van der Waals surface area contributed by atoms with E-state index in [4.69, 9.17) is 11.2 Å². The predicted molar refractivity (Wildman–Crippen MR) is 81.4 cm³/mol. The average molecular weight is 373 g/mol. The Balaban J connectivity index is 2.90. The summed E-state index contributed by atoms with van der Waals surface area (Å²) in [6.45, 7) is 1.87. The van der Waals surface area contributed by atoms with Gasteiger partial charge in [0.05, 0.1) is 6.54 Å². The molecule has 1 aromatic rings. The Hall–Kier alpha value is -1.39. The molecule has 0 aliphatic rings. The van der Waals surface area contributed by atoms with Crippen molar-refractivity contribution in [3.8, 4) is 18.1 Å². The second-order valence-electron chi connectivity index (χ2n) is 3.78. The molecule has 0 heterocycles. The minimum Gasteiger partial charge on any atom is -0.476 e. The van der Waals surface area contributed by atoms with Crippen molar-refractivity contribution < 1.29 is 13.9 Å². The Morgan fingerprint density at radius 3 is 2.95 bits per heavy atom. The summed E-state index contributed by atoms with van der Waals surface area (Å²) in [5, 5.41) is 0. The summed E-state index contributed by atoms with van der Waals surface area (Å²) < 4.78 is 21.8. The number of ketones is 1. The first kappa shape index (κ1) is 15.7. The SMILES string of the molecule is C#C[C@H](CNI)Oc1cc(F)cc(/C=C/C(C)=O)c1. The number of ether oxygens (including phenoxy) is 1. The maximum Gasteiger partial charge on any atom is 0.172 e. The van der Waals surface area contributed by atoms with Crippen LogP contribution in [0.3, 0.4) is 0 Å². The number of nitrogens with one attached hydrogen (secondary N) is 1. The zero-order valence-electron chi connectivity index (χ0n) is 10.3. The molecule has 1 N–H and O–H groups in total. The van der Waals surface area contributed by atoms with E-state index in [0.717, 1.165) is 0 Å². The van der Waals surface area contributed by atoms with Gasteiger partial charge in [-0.1, -0.05) is 12.0 Å². The summed E-state index contributed by atoms with van der Waals surface area (Å²) in [5.41, 5.74) is 0.545. The van der Waals surface area contributed by atoms with Crippen molar-refractivity contribution in [2.75, 3.05) is 6.54 Å². The van der Waals surface area contributed by atoms with Crippen LogP contribution in [0.25, 0.3) is 6.08 Å². The fourth-order valence-electron chi connectivity index (χ4n) is 1.33. The number of rotatable bonds is 6. The van der Waals surface area contributed by atoms with Crippen molar-refractivity contribution in [3.63, 3.8) is 0 Å². The van der Waals surface area contributed by atoms with E-state index >= 15 is 0 Å². The number of terminal acetylenes is 1. The van der Waals surface area contributed by atoms with E-state index < -0.39 is 11.9 Å². The van der Waals surface area contributed by atoms with Gasteiger partial charge in [-0.25, -0.2) is 4.39 Å². The topological polar surface area (TPSA) is 38.3 Å². The number of allylic oxidation sites excluding steroid dienone is 1. The summed E-state index contributed by atoms with van der Waals surface area (Å²) in [6, 6.07) is 4.19. The van der Waals surface area contributed by atoms with Crippen molar-refractivity contribution in [1.82, 2.24) is 3.53 Å². The van der Waals surface area contributed by atoms with Crippen molar-refractivity contribution >= 4 is 34.7 Å². The maximum absolute atomic E-state index is 13.4.